The molecule has 3 rings (SSSR count). The molecule has 0 bridgehead atoms. The van der Waals surface area contributed by atoms with E-state index in [9.17, 15) is 27.9 Å². The molecule has 1 aromatic rings. The van der Waals surface area contributed by atoms with Gasteiger partial charge in [0.1, 0.15) is 11.5 Å². The quantitative estimate of drug-likeness (QED) is 0.856. The lowest BCUT2D eigenvalue weighted by molar-refractivity contribution is -0.157. The molecule has 5 nitrogen and oxygen atoms in total. The number of amides is 1. The Hall–Kier alpha value is -2.09. The predicted molar refractivity (Wildman–Crippen MR) is 76.0 cm³/mol. The highest BCUT2D eigenvalue weighted by Crippen LogP contribution is 2.48. The van der Waals surface area contributed by atoms with Gasteiger partial charge < -0.3 is 14.7 Å². The summed E-state index contributed by atoms with van der Waals surface area (Å²) in [5.74, 6) is -1.56. The maximum Gasteiger partial charge on any atom is 0.416 e. The Balaban J connectivity index is 1.72. The van der Waals surface area contributed by atoms with Gasteiger partial charge in [0.05, 0.1) is 18.7 Å². The Labute approximate surface area is 136 Å². The number of hydrogen-bond donors (Lipinski definition) is 1. The summed E-state index contributed by atoms with van der Waals surface area (Å²) in [7, 11) is 0. The molecule has 1 atom stereocenters. The van der Waals surface area contributed by atoms with Gasteiger partial charge in [-0.2, -0.15) is 13.2 Å². The number of alkyl halides is 3. The van der Waals surface area contributed by atoms with Crippen LogP contribution in [-0.4, -0.2) is 41.6 Å². The van der Waals surface area contributed by atoms with Gasteiger partial charge in [-0.15, -0.1) is 0 Å². The van der Waals surface area contributed by atoms with Crippen LogP contribution in [0.25, 0.3) is 0 Å². The summed E-state index contributed by atoms with van der Waals surface area (Å²) in [6.45, 7) is 0.636. The highest BCUT2D eigenvalue weighted by atomic mass is 19.4. The van der Waals surface area contributed by atoms with E-state index in [-0.39, 0.29) is 19.7 Å². The monoisotopic (exact) mass is 343 g/mol. The van der Waals surface area contributed by atoms with E-state index in [4.69, 9.17) is 4.74 Å². The topological polar surface area (TPSA) is 66.8 Å². The summed E-state index contributed by atoms with van der Waals surface area (Å²) < 4.78 is 43.4. The fourth-order valence-electron chi connectivity index (χ4n) is 2.87. The van der Waals surface area contributed by atoms with Gasteiger partial charge in [0, 0.05) is 6.54 Å². The number of morpholine rings is 1. The second-order valence-corrected chi connectivity index (χ2v) is 6.12. The molecule has 2 fully saturated rings. The molecule has 1 aromatic carbocycles. The summed E-state index contributed by atoms with van der Waals surface area (Å²) in [5, 5.41) is 9.21. The highest BCUT2D eigenvalue weighted by molar-refractivity contribution is 6.04. The van der Waals surface area contributed by atoms with Crippen LogP contribution in [0.1, 0.15) is 30.1 Å². The number of carboxylic acid groups (broad SMARTS) is 1. The van der Waals surface area contributed by atoms with Crippen molar-refractivity contribution >= 4 is 11.9 Å². The SMILES string of the molecule is O=C(O)C1(C(=O)N2CCOC(c3ccc(C(F)(F)F)cc3)C2)CC1. The minimum atomic E-state index is -4.41. The van der Waals surface area contributed by atoms with Gasteiger partial charge in [-0.3, -0.25) is 9.59 Å². The molecule has 1 saturated carbocycles. The molecule has 8 heteroatoms. The van der Waals surface area contributed by atoms with Crippen LogP contribution in [-0.2, 0) is 20.5 Å². The van der Waals surface area contributed by atoms with E-state index < -0.39 is 35.1 Å². The van der Waals surface area contributed by atoms with Crippen LogP contribution in [0, 0.1) is 5.41 Å². The van der Waals surface area contributed by atoms with Crippen molar-refractivity contribution in [3.05, 3.63) is 35.4 Å². The number of rotatable bonds is 3. The van der Waals surface area contributed by atoms with Crippen LogP contribution in [0.5, 0.6) is 0 Å². The molecule has 2 aliphatic rings. The van der Waals surface area contributed by atoms with Crippen molar-refractivity contribution in [2.24, 2.45) is 5.41 Å². The van der Waals surface area contributed by atoms with E-state index in [1.54, 1.807) is 0 Å². The first kappa shape index (κ1) is 16.8. The van der Waals surface area contributed by atoms with Crippen LogP contribution in [0.15, 0.2) is 24.3 Å². The van der Waals surface area contributed by atoms with Crippen molar-refractivity contribution < 1.29 is 32.6 Å². The number of carboxylic acids is 1. The minimum absolute atomic E-state index is 0.138. The number of nitrogens with zero attached hydrogens (tertiary/aromatic N) is 1. The summed E-state index contributed by atoms with van der Waals surface area (Å²) in [4.78, 5) is 25.1. The molecule has 1 N–H and O–H groups in total. The van der Waals surface area contributed by atoms with Crippen LogP contribution in [0.2, 0.25) is 0 Å². The Morgan fingerprint density at radius 3 is 2.33 bits per heavy atom. The molecule has 0 radical (unpaired) electrons. The normalized spacial score (nSPS) is 23.0. The van der Waals surface area contributed by atoms with E-state index in [0.29, 0.717) is 18.4 Å². The van der Waals surface area contributed by atoms with Crippen molar-refractivity contribution in [2.45, 2.75) is 25.1 Å². The minimum Gasteiger partial charge on any atom is -0.480 e. The Morgan fingerprint density at radius 1 is 1.21 bits per heavy atom. The first-order valence-corrected chi connectivity index (χ1v) is 7.55. The van der Waals surface area contributed by atoms with Crippen LogP contribution in [0.3, 0.4) is 0 Å². The number of carbonyl (C=O) groups is 2. The summed E-state index contributed by atoms with van der Waals surface area (Å²) in [6, 6.07) is 4.59. The molecular weight excluding hydrogens is 327 g/mol. The van der Waals surface area contributed by atoms with E-state index in [1.807, 2.05) is 0 Å². The van der Waals surface area contributed by atoms with Crippen molar-refractivity contribution in [2.75, 3.05) is 19.7 Å². The third-order valence-electron chi connectivity index (χ3n) is 4.53. The zero-order valence-electron chi connectivity index (χ0n) is 12.7. The molecule has 1 heterocycles. The fourth-order valence-corrected chi connectivity index (χ4v) is 2.87. The third-order valence-corrected chi connectivity index (χ3v) is 4.53. The number of benzene rings is 1. The molecule has 1 aliphatic heterocycles. The van der Waals surface area contributed by atoms with Gasteiger partial charge in [-0.1, -0.05) is 12.1 Å². The van der Waals surface area contributed by atoms with E-state index in [0.717, 1.165) is 12.1 Å². The van der Waals surface area contributed by atoms with E-state index in [2.05, 4.69) is 0 Å². The number of aliphatic carboxylic acids is 1. The Kier molecular flexibility index (Phi) is 4.03. The summed E-state index contributed by atoms with van der Waals surface area (Å²) in [6.07, 6.45) is -4.32. The van der Waals surface area contributed by atoms with Crippen LogP contribution in [0.4, 0.5) is 13.2 Å². The maximum absolute atomic E-state index is 12.6. The predicted octanol–water partition coefficient (Wildman–Crippen LogP) is 2.47. The van der Waals surface area contributed by atoms with Crippen molar-refractivity contribution in [3.8, 4) is 0 Å². The maximum atomic E-state index is 12.6. The lowest BCUT2D eigenvalue weighted by Gasteiger charge is -2.34. The number of ether oxygens (including phenoxy) is 1. The molecule has 1 saturated heterocycles. The zero-order chi connectivity index (χ0) is 17.5. The first-order chi connectivity index (χ1) is 11.2. The van der Waals surface area contributed by atoms with E-state index in [1.165, 1.54) is 17.0 Å². The fraction of sp³-hybridized carbons (Fsp3) is 0.500. The molecule has 130 valence electrons. The first-order valence-electron chi connectivity index (χ1n) is 7.55. The van der Waals surface area contributed by atoms with Crippen molar-refractivity contribution in [1.82, 2.24) is 4.90 Å². The average Bonchev–Trinajstić information content (AvgIpc) is 3.35. The van der Waals surface area contributed by atoms with Crippen LogP contribution < -0.4 is 0 Å². The van der Waals surface area contributed by atoms with Gasteiger partial charge in [0.25, 0.3) is 0 Å². The zero-order valence-corrected chi connectivity index (χ0v) is 12.7. The lowest BCUT2D eigenvalue weighted by atomic mass is 10.0. The molecule has 24 heavy (non-hydrogen) atoms. The van der Waals surface area contributed by atoms with Crippen molar-refractivity contribution in [1.29, 1.82) is 0 Å². The smallest absolute Gasteiger partial charge is 0.416 e. The summed E-state index contributed by atoms with van der Waals surface area (Å²) in [5.41, 5.74) is -1.54. The second-order valence-electron chi connectivity index (χ2n) is 6.12. The molecular formula is C16H16F3NO4. The lowest BCUT2D eigenvalue weighted by Crippen LogP contribution is -2.47. The van der Waals surface area contributed by atoms with Gasteiger partial charge in [0.15, 0.2) is 0 Å². The largest absolute Gasteiger partial charge is 0.480 e. The van der Waals surface area contributed by atoms with Gasteiger partial charge in [-0.05, 0) is 30.5 Å². The molecule has 1 amide bonds. The average molecular weight is 343 g/mol. The van der Waals surface area contributed by atoms with E-state index >= 15 is 0 Å². The number of halogens is 3. The Bertz CT molecular complexity index is 652. The highest BCUT2D eigenvalue weighted by Gasteiger charge is 2.58. The number of carbonyl (C=O) groups excluding carboxylic acids is 1. The molecule has 1 aliphatic carbocycles. The Morgan fingerprint density at radius 2 is 1.83 bits per heavy atom. The van der Waals surface area contributed by atoms with Gasteiger partial charge in [0.2, 0.25) is 5.91 Å². The third kappa shape index (κ3) is 2.98. The second kappa shape index (κ2) is 5.77. The van der Waals surface area contributed by atoms with Gasteiger partial charge >= 0.3 is 12.1 Å². The van der Waals surface area contributed by atoms with Gasteiger partial charge in [-0.25, -0.2) is 0 Å². The van der Waals surface area contributed by atoms with Crippen molar-refractivity contribution in [3.63, 3.8) is 0 Å². The molecule has 1 unspecified atom stereocenters. The number of hydrogen-bond acceptors (Lipinski definition) is 3. The summed E-state index contributed by atoms with van der Waals surface area (Å²) >= 11 is 0. The molecule has 0 aromatic heterocycles. The van der Waals surface area contributed by atoms with Crippen LogP contribution >= 0.6 is 0 Å². The standard InChI is InChI=1S/C16H16F3NO4/c17-16(18,19)11-3-1-10(2-4-11)12-9-20(7-8-24-12)13(21)15(5-6-15)14(22)23/h1-4,12H,5-9H2,(H,22,23). The molecule has 0 spiro atoms.